The van der Waals surface area contributed by atoms with Crippen LogP contribution in [0.25, 0.3) is 0 Å². The second kappa shape index (κ2) is 5.78. The van der Waals surface area contributed by atoms with Crippen LogP contribution in [0.5, 0.6) is 0 Å². The Balaban J connectivity index is 1.92. The average Bonchev–Trinajstić information content (AvgIpc) is 2.75. The highest BCUT2D eigenvalue weighted by Gasteiger charge is 2.25. The van der Waals surface area contributed by atoms with Gasteiger partial charge in [-0.25, -0.2) is 0 Å². The van der Waals surface area contributed by atoms with Crippen LogP contribution in [-0.4, -0.2) is 22.8 Å². The van der Waals surface area contributed by atoms with Gasteiger partial charge in [0.2, 0.25) is 5.91 Å². The molecule has 4 nitrogen and oxygen atoms in total. The molecule has 1 amide bonds. The number of aliphatic hydroxyl groups is 1. The monoisotopic (exact) mass is 247 g/mol. The summed E-state index contributed by atoms with van der Waals surface area (Å²) in [6.45, 7) is -0.0312. The Morgan fingerprint density at radius 1 is 1.39 bits per heavy atom. The second-order valence-corrected chi connectivity index (χ2v) is 4.63. The van der Waals surface area contributed by atoms with Crippen LogP contribution in [0.2, 0.25) is 0 Å². The van der Waals surface area contributed by atoms with Crippen molar-refractivity contribution >= 4 is 11.7 Å². The van der Waals surface area contributed by atoms with Crippen LogP contribution in [-0.2, 0) is 22.6 Å². The summed E-state index contributed by atoms with van der Waals surface area (Å²) in [5.41, 5.74) is 1.64. The van der Waals surface area contributed by atoms with Crippen molar-refractivity contribution in [2.75, 3.05) is 0 Å². The van der Waals surface area contributed by atoms with Crippen LogP contribution < -0.4 is 5.32 Å². The smallest absolute Gasteiger partial charge is 0.224 e. The lowest BCUT2D eigenvalue weighted by molar-refractivity contribution is -0.126. The van der Waals surface area contributed by atoms with Gasteiger partial charge in [-0.15, -0.1) is 0 Å². The molecule has 4 heteroatoms. The molecule has 0 radical (unpaired) electrons. The molecule has 0 saturated heterocycles. The number of Topliss-reactive ketones (excluding diaryl/α,β-unsaturated/α-hetero) is 1. The molecule has 2 N–H and O–H groups in total. The first-order valence-corrected chi connectivity index (χ1v) is 6.20. The number of aliphatic hydroxyl groups excluding tert-OH is 1. The van der Waals surface area contributed by atoms with Crippen molar-refractivity contribution in [1.29, 1.82) is 0 Å². The Bertz CT molecular complexity index is 456. The van der Waals surface area contributed by atoms with Gasteiger partial charge in [-0.2, -0.15) is 0 Å². The van der Waals surface area contributed by atoms with E-state index in [1.165, 1.54) is 0 Å². The van der Waals surface area contributed by atoms with E-state index < -0.39 is 0 Å². The van der Waals surface area contributed by atoms with Gasteiger partial charge in [0.1, 0.15) is 0 Å². The Morgan fingerprint density at radius 3 is 2.83 bits per heavy atom. The highest BCUT2D eigenvalue weighted by molar-refractivity contribution is 5.91. The van der Waals surface area contributed by atoms with Crippen molar-refractivity contribution in [2.24, 2.45) is 0 Å². The molecule has 1 atom stereocenters. The number of carbonyl (C=O) groups excluding carboxylic acids is 2. The van der Waals surface area contributed by atoms with Crippen molar-refractivity contribution in [3.63, 3.8) is 0 Å². The van der Waals surface area contributed by atoms with Crippen LogP contribution in [0.3, 0.4) is 0 Å². The average molecular weight is 247 g/mol. The molecule has 96 valence electrons. The van der Waals surface area contributed by atoms with Gasteiger partial charge in [0, 0.05) is 6.42 Å². The Labute approximate surface area is 106 Å². The molecule has 1 aliphatic carbocycles. The van der Waals surface area contributed by atoms with E-state index in [9.17, 15) is 9.59 Å². The fourth-order valence-electron chi connectivity index (χ4n) is 2.24. The zero-order valence-electron chi connectivity index (χ0n) is 10.2. The fourth-order valence-corrected chi connectivity index (χ4v) is 2.24. The van der Waals surface area contributed by atoms with Crippen LogP contribution >= 0.6 is 0 Å². The van der Waals surface area contributed by atoms with Crippen molar-refractivity contribution in [3.8, 4) is 0 Å². The van der Waals surface area contributed by atoms with Gasteiger partial charge in [-0.05, 0) is 24.0 Å². The third-order valence-corrected chi connectivity index (χ3v) is 3.18. The summed E-state index contributed by atoms with van der Waals surface area (Å²) in [5, 5.41) is 11.8. The molecular formula is C14H17NO3. The minimum Gasteiger partial charge on any atom is -0.392 e. The number of nitrogens with one attached hydrogen (secondary N) is 1. The van der Waals surface area contributed by atoms with Crippen molar-refractivity contribution in [3.05, 3.63) is 35.4 Å². The number of hydrogen-bond acceptors (Lipinski definition) is 3. The van der Waals surface area contributed by atoms with E-state index in [4.69, 9.17) is 5.11 Å². The minimum absolute atomic E-state index is 0.0312. The standard InChI is InChI=1S/C14H17NO3/c16-9-11-4-1-3-10(7-11)8-14(18)15-12-5-2-6-13(12)17/h1,3-4,7,12,16H,2,5-6,8-9H2,(H,15,18). The van der Waals surface area contributed by atoms with Gasteiger partial charge in [0.25, 0.3) is 0 Å². The molecule has 2 rings (SSSR count). The Kier molecular flexibility index (Phi) is 4.10. The number of carbonyl (C=O) groups is 2. The van der Waals surface area contributed by atoms with E-state index >= 15 is 0 Å². The summed E-state index contributed by atoms with van der Waals surface area (Å²) in [4.78, 5) is 23.2. The van der Waals surface area contributed by atoms with Crippen LogP contribution in [0.15, 0.2) is 24.3 Å². The van der Waals surface area contributed by atoms with E-state index in [0.717, 1.165) is 24.0 Å². The highest BCUT2D eigenvalue weighted by atomic mass is 16.3. The lowest BCUT2D eigenvalue weighted by atomic mass is 10.1. The van der Waals surface area contributed by atoms with E-state index in [1.54, 1.807) is 6.07 Å². The molecule has 1 fully saturated rings. The maximum Gasteiger partial charge on any atom is 0.224 e. The normalized spacial score (nSPS) is 18.9. The minimum atomic E-state index is -0.293. The molecule has 0 aromatic heterocycles. The predicted molar refractivity (Wildman–Crippen MR) is 66.9 cm³/mol. The van der Waals surface area contributed by atoms with Gasteiger partial charge >= 0.3 is 0 Å². The summed E-state index contributed by atoms with van der Waals surface area (Å²) < 4.78 is 0. The summed E-state index contributed by atoms with van der Waals surface area (Å²) in [7, 11) is 0. The number of rotatable bonds is 4. The number of benzene rings is 1. The first kappa shape index (κ1) is 12.8. The van der Waals surface area contributed by atoms with Crippen LogP contribution in [0.1, 0.15) is 30.4 Å². The van der Waals surface area contributed by atoms with Crippen molar-refractivity contribution in [2.45, 2.75) is 38.3 Å². The molecule has 1 saturated carbocycles. The maximum atomic E-state index is 11.8. The lowest BCUT2D eigenvalue weighted by Crippen LogP contribution is -2.38. The largest absolute Gasteiger partial charge is 0.392 e. The molecule has 1 aliphatic rings. The molecular weight excluding hydrogens is 230 g/mol. The van der Waals surface area contributed by atoms with Gasteiger partial charge < -0.3 is 10.4 Å². The van der Waals surface area contributed by atoms with E-state index in [0.29, 0.717) is 6.42 Å². The molecule has 0 bridgehead atoms. The van der Waals surface area contributed by atoms with Crippen molar-refractivity contribution in [1.82, 2.24) is 5.32 Å². The summed E-state index contributed by atoms with van der Waals surface area (Å²) in [6, 6.07) is 6.97. The summed E-state index contributed by atoms with van der Waals surface area (Å²) >= 11 is 0. The van der Waals surface area contributed by atoms with Gasteiger partial charge in [0.15, 0.2) is 5.78 Å². The Morgan fingerprint density at radius 2 is 2.17 bits per heavy atom. The molecule has 1 unspecified atom stereocenters. The van der Waals surface area contributed by atoms with Crippen LogP contribution in [0, 0.1) is 0 Å². The topological polar surface area (TPSA) is 66.4 Å². The molecule has 0 aliphatic heterocycles. The highest BCUT2D eigenvalue weighted by Crippen LogP contribution is 2.14. The fraction of sp³-hybridized carbons (Fsp3) is 0.429. The third-order valence-electron chi connectivity index (χ3n) is 3.18. The summed E-state index contributed by atoms with van der Waals surface area (Å²) in [5.74, 6) is -0.00204. The second-order valence-electron chi connectivity index (χ2n) is 4.63. The zero-order valence-corrected chi connectivity index (χ0v) is 10.2. The van der Waals surface area contributed by atoms with Gasteiger partial charge in [-0.1, -0.05) is 24.3 Å². The Hall–Kier alpha value is -1.68. The molecule has 1 aromatic carbocycles. The molecule has 1 aromatic rings. The summed E-state index contributed by atoms with van der Waals surface area (Å²) in [6.07, 6.45) is 2.44. The zero-order chi connectivity index (χ0) is 13.0. The first-order chi connectivity index (χ1) is 8.69. The third kappa shape index (κ3) is 3.17. The van der Waals surface area contributed by atoms with Crippen LogP contribution in [0.4, 0.5) is 0 Å². The van der Waals surface area contributed by atoms with Gasteiger partial charge in [-0.3, -0.25) is 9.59 Å². The first-order valence-electron chi connectivity index (χ1n) is 6.20. The predicted octanol–water partition coefficient (Wildman–Crippen LogP) is 0.959. The van der Waals surface area contributed by atoms with E-state index in [-0.39, 0.29) is 30.8 Å². The lowest BCUT2D eigenvalue weighted by Gasteiger charge is -2.11. The number of ketones is 1. The van der Waals surface area contributed by atoms with E-state index in [1.807, 2.05) is 18.2 Å². The van der Waals surface area contributed by atoms with Crippen molar-refractivity contribution < 1.29 is 14.7 Å². The molecule has 0 heterocycles. The number of hydrogen-bond donors (Lipinski definition) is 2. The maximum absolute atomic E-state index is 11.8. The molecule has 18 heavy (non-hydrogen) atoms. The molecule has 0 spiro atoms. The van der Waals surface area contributed by atoms with Gasteiger partial charge in [0.05, 0.1) is 19.1 Å². The van der Waals surface area contributed by atoms with E-state index in [2.05, 4.69) is 5.32 Å². The SMILES string of the molecule is O=C(Cc1cccc(CO)c1)NC1CCCC1=O. The quantitative estimate of drug-likeness (QED) is 0.832. The number of amides is 1.